The molecule has 0 amide bonds. The Balaban J connectivity index is 1.45. The van der Waals surface area contributed by atoms with Crippen molar-refractivity contribution in [2.75, 3.05) is 5.32 Å². The maximum atomic E-state index is 13.4. The predicted octanol–water partition coefficient (Wildman–Crippen LogP) is 6.11. The summed E-state index contributed by atoms with van der Waals surface area (Å²) >= 11 is 3.24. The molecule has 1 atom stereocenters. The van der Waals surface area contributed by atoms with Gasteiger partial charge in [-0.3, -0.25) is 0 Å². The van der Waals surface area contributed by atoms with E-state index in [-0.39, 0.29) is 18.1 Å². The van der Waals surface area contributed by atoms with Crippen LogP contribution in [0.3, 0.4) is 0 Å². The molecule has 172 valence electrons. The third kappa shape index (κ3) is 4.73. The van der Waals surface area contributed by atoms with Gasteiger partial charge < -0.3 is 10.1 Å². The second-order valence-electron chi connectivity index (χ2n) is 8.64. The smallest absolute Gasteiger partial charge is 0.338 e. The van der Waals surface area contributed by atoms with Crippen molar-refractivity contribution in [3.63, 3.8) is 0 Å². The van der Waals surface area contributed by atoms with Gasteiger partial charge in [0.25, 0.3) is 0 Å². The zero-order valence-corrected chi connectivity index (χ0v) is 20.5. The van der Waals surface area contributed by atoms with E-state index < -0.39 is 0 Å². The summed E-state index contributed by atoms with van der Waals surface area (Å²) in [5.41, 5.74) is 3.78. The van der Waals surface area contributed by atoms with Gasteiger partial charge in [0, 0.05) is 16.3 Å². The Morgan fingerprint density at radius 1 is 1.18 bits per heavy atom. The first kappa shape index (κ1) is 22.2. The fraction of sp³-hybridized carbons (Fsp3) is 0.400. The first-order chi connectivity index (χ1) is 16.1. The number of carbonyl (C=O) groups excluding carboxylic acids is 1. The maximum Gasteiger partial charge on any atom is 0.338 e. The standard InChI is InChI=1S/C25H28N4O2S2/c1-16-13-14-32-22(16)21-20(23(30)31-19-11-7-4-8-12-19)17(2)26-24-27-25(28-29(21)24)33-15-18-9-5-3-6-10-18/h3,5-6,9-10,13-14,19,21H,4,7-8,11-12,15H2,1-2H3,(H,26,27,28). The van der Waals surface area contributed by atoms with Crippen LogP contribution in [0.2, 0.25) is 0 Å². The highest BCUT2D eigenvalue weighted by atomic mass is 32.2. The Morgan fingerprint density at radius 3 is 2.70 bits per heavy atom. The fourth-order valence-corrected chi connectivity index (χ4v) is 6.29. The number of aromatic nitrogens is 3. The number of thioether (sulfide) groups is 1. The molecule has 1 aliphatic heterocycles. The first-order valence-electron chi connectivity index (χ1n) is 11.5. The number of hydrogen-bond donors (Lipinski definition) is 1. The lowest BCUT2D eigenvalue weighted by atomic mass is 9.97. The highest BCUT2D eigenvalue weighted by molar-refractivity contribution is 7.98. The average Bonchev–Trinajstić information content (AvgIpc) is 3.43. The van der Waals surface area contributed by atoms with Gasteiger partial charge in [-0.1, -0.05) is 48.5 Å². The zero-order valence-electron chi connectivity index (χ0n) is 18.9. The molecule has 0 bridgehead atoms. The van der Waals surface area contributed by atoms with Gasteiger partial charge in [-0.15, -0.1) is 16.4 Å². The average molecular weight is 481 g/mol. The van der Waals surface area contributed by atoms with Crippen molar-refractivity contribution in [2.24, 2.45) is 0 Å². The molecule has 1 unspecified atom stereocenters. The van der Waals surface area contributed by atoms with Gasteiger partial charge >= 0.3 is 5.97 Å². The SMILES string of the molecule is CC1=C(C(=O)OC2CCCCC2)C(c2sccc2C)n2nc(SCc3ccccc3)nc2N1. The number of allylic oxidation sites excluding steroid dienone is 1. The molecule has 1 fully saturated rings. The topological polar surface area (TPSA) is 69.0 Å². The highest BCUT2D eigenvalue weighted by Gasteiger charge is 2.37. The fourth-order valence-electron chi connectivity index (χ4n) is 4.48. The van der Waals surface area contributed by atoms with E-state index in [2.05, 4.69) is 35.8 Å². The molecule has 1 aliphatic carbocycles. The highest BCUT2D eigenvalue weighted by Crippen LogP contribution is 2.40. The third-order valence-corrected chi connectivity index (χ3v) is 8.22. The number of aryl methyl sites for hydroxylation is 1. The van der Waals surface area contributed by atoms with Gasteiger partial charge in [0.05, 0.1) is 5.57 Å². The quantitative estimate of drug-likeness (QED) is 0.339. The van der Waals surface area contributed by atoms with Crippen LogP contribution >= 0.6 is 23.1 Å². The molecule has 1 saturated carbocycles. The molecule has 3 heterocycles. The second kappa shape index (κ2) is 9.73. The molecule has 1 N–H and O–H groups in total. The van der Waals surface area contributed by atoms with E-state index in [4.69, 9.17) is 14.8 Å². The molecule has 33 heavy (non-hydrogen) atoms. The summed E-state index contributed by atoms with van der Waals surface area (Å²) in [5, 5.41) is 10.9. The largest absolute Gasteiger partial charge is 0.459 e. The van der Waals surface area contributed by atoms with Crippen LogP contribution < -0.4 is 5.32 Å². The van der Waals surface area contributed by atoms with Gasteiger partial charge in [0.1, 0.15) is 12.1 Å². The number of thiophene rings is 1. The van der Waals surface area contributed by atoms with Crippen molar-refractivity contribution in [1.82, 2.24) is 14.8 Å². The molecule has 0 radical (unpaired) electrons. The Labute approximate surface area is 202 Å². The van der Waals surface area contributed by atoms with Crippen molar-refractivity contribution in [3.8, 4) is 0 Å². The van der Waals surface area contributed by atoms with Gasteiger partial charge in [-0.05, 0) is 62.1 Å². The Morgan fingerprint density at radius 2 is 1.97 bits per heavy atom. The number of carbonyl (C=O) groups is 1. The van der Waals surface area contributed by atoms with Crippen molar-refractivity contribution < 1.29 is 9.53 Å². The van der Waals surface area contributed by atoms with Crippen molar-refractivity contribution in [1.29, 1.82) is 0 Å². The summed E-state index contributed by atoms with van der Waals surface area (Å²) in [6, 6.07) is 12.0. The molecule has 5 rings (SSSR count). The molecule has 1 aromatic carbocycles. The minimum atomic E-state index is -0.337. The molecule has 2 aliphatic rings. The number of rotatable bonds is 6. The summed E-state index contributed by atoms with van der Waals surface area (Å²) in [6.45, 7) is 4.01. The Bertz CT molecular complexity index is 1160. The molecular weight excluding hydrogens is 452 g/mol. The number of esters is 1. The number of fused-ring (bicyclic) bond motifs is 1. The van der Waals surface area contributed by atoms with Crippen LogP contribution in [0, 0.1) is 6.92 Å². The van der Waals surface area contributed by atoms with E-state index in [0.717, 1.165) is 47.6 Å². The van der Waals surface area contributed by atoms with E-state index in [1.165, 1.54) is 12.0 Å². The lowest BCUT2D eigenvalue weighted by Crippen LogP contribution is -2.31. The Kier molecular flexibility index (Phi) is 6.55. The molecule has 3 aromatic rings. The number of ether oxygens (including phenoxy) is 1. The van der Waals surface area contributed by atoms with E-state index >= 15 is 0 Å². The lowest BCUT2D eigenvalue weighted by Gasteiger charge is -2.29. The summed E-state index contributed by atoms with van der Waals surface area (Å²) < 4.78 is 7.86. The number of benzene rings is 1. The summed E-state index contributed by atoms with van der Waals surface area (Å²) in [4.78, 5) is 19.3. The van der Waals surface area contributed by atoms with Gasteiger partial charge in [0.15, 0.2) is 0 Å². The number of anilines is 1. The van der Waals surface area contributed by atoms with E-state index in [0.29, 0.717) is 16.7 Å². The van der Waals surface area contributed by atoms with E-state index in [1.807, 2.05) is 29.8 Å². The molecule has 0 saturated heterocycles. The summed E-state index contributed by atoms with van der Waals surface area (Å²) in [6.07, 6.45) is 5.37. The minimum absolute atomic E-state index is 0.00534. The van der Waals surface area contributed by atoms with Crippen LogP contribution in [-0.4, -0.2) is 26.8 Å². The van der Waals surface area contributed by atoms with Gasteiger partial charge in [-0.2, -0.15) is 4.98 Å². The second-order valence-corrected chi connectivity index (χ2v) is 10.5. The third-order valence-electron chi connectivity index (χ3n) is 6.24. The predicted molar refractivity (Wildman–Crippen MR) is 133 cm³/mol. The summed E-state index contributed by atoms with van der Waals surface area (Å²) in [7, 11) is 0. The van der Waals surface area contributed by atoms with Crippen molar-refractivity contribution >= 4 is 35.0 Å². The van der Waals surface area contributed by atoms with Crippen LogP contribution in [0.15, 0.2) is 58.2 Å². The number of nitrogens with one attached hydrogen (secondary N) is 1. The first-order valence-corrected chi connectivity index (χ1v) is 13.3. The van der Waals surface area contributed by atoms with Crippen LogP contribution in [0.1, 0.15) is 61.1 Å². The van der Waals surface area contributed by atoms with E-state index in [9.17, 15) is 4.79 Å². The minimum Gasteiger partial charge on any atom is -0.459 e. The van der Waals surface area contributed by atoms with Crippen LogP contribution in [-0.2, 0) is 15.3 Å². The zero-order chi connectivity index (χ0) is 22.8. The van der Waals surface area contributed by atoms with Gasteiger partial charge in [0.2, 0.25) is 11.1 Å². The monoisotopic (exact) mass is 480 g/mol. The lowest BCUT2D eigenvalue weighted by molar-refractivity contribution is -0.146. The van der Waals surface area contributed by atoms with Gasteiger partial charge in [-0.25, -0.2) is 9.48 Å². The number of nitrogens with zero attached hydrogens (tertiary/aromatic N) is 3. The molecule has 6 nitrogen and oxygen atoms in total. The van der Waals surface area contributed by atoms with Crippen LogP contribution in [0.25, 0.3) is 0 Å². The van der Waals surface area contributed by atoms with Crippen LogP contribution in [0.4, 0.5) is 5.95 Å². The van der Waals surface area contributed by atoms with Crippen molar-refractivity contribution in [2.45, 2.75) is 69.0 Å². The van der Waals surface area contributed by atoms with Crippen LogP contribution in [0.5, 0.6) is 0 Å². The summed E-state index contributed by atoms with van der Waals surface area (Å²) in [5.74, 6) is 1.20. The molecule has 0 spiro atoms. The number of hydrogen-bond acceptors (Lipinski definition) is 7. The maximum absolute atomic E-state index is 13.4. The normalized spacial score (nSPS) is 18.7. The molecule has 2 aromatic heterocycles. The van der Waals surface area contributed by atoms with Crippen molar-refractivity contribution in [3.05, 3.63) is 69.1 Å². The Hall–Kier alpha value is -2.58. The molecule has 8 heteroatoms. The van der Waals surface area contributed by atoms with E-state index in [1.54, 1.807) is 23.1 Å². The molecular formula is C25H28N4O2S2.